The van der Waals surface area contributed by atoms with Crippen molar-refractivity contribution in [2.24, 2.45) is 0 Å². The van der Waals surface area contributed by atoms with Gasteiger partial charge in [0.05, 0.1) is 23.9 Å². The number of fused-ring (bicyclic) bond motifs is 1. The predicted molar refractivity (Wildman–Crippen MR) is 85.5 cm³/mol. The van der Waals surface area contributed by atoms with Crippen LogP contribution >= 0.6 is 11.6 Å². The lowest BCUT2D eigenvalue weighted by molar-refractivity contribution is 0.118. The Morgan fingerprint density at radius 3 is 2.71 bits per heavy atom. The number of rotatable bonds is 3. The third-order valence-corrected chi connectivity index (χ3v) is 4.10. The van der Waals surface area contributed by atoms with Crippen molar-refractivity contribution in [1.82, 2.24) is 0 Å². The molecule has 2 aromatic rings. The van der Waals surface area contributed by atoms with E-state index >= 15 is 0 Å². The first-order valence-electron chi connectivity index (χ1n) is 6.89. The summed E-state index contributed by atoms with van der Waals surface area (Å²) >= 11 is 6.29. The van der Waals surface area contributed by atoms with Gasteiger partial charge in [-0.1, -0.05) is 29.8 Å². The van der Waals surface area contributed by atoms with Crippen molar-refractivity contribution in [1.29, 1.82) is 0 Å². The highest BCUT2D eigenvalue weighted by Crippen LogP contribution is 2.45. The van der Waals surface area contributed by atoms with Gasteiger partial charge in [0.15, 0.2) is 0 Å². The summed E-state index contributed by atoms with van der Waals surface area (Å²) < 4.78 is 11.3. The van der Waals surface area contributed by atoms with Gasteiger partial charge in [-0.25, -0.2) is 0 Å². The molecule has 3 rings (SSSR count). The van der Waals surface area contributed by atoms with Crippen molar-refractivity contribution in [2.45, 2.75) is 25.5 Å². The average Bonchev–Trinajstić information content (AvgIpc) is 2.72. The maximum atomic E-state index is 6.29. The van der Waals surface area contributed by atoms with Crippen molar-refractivity contribution in [3.8, 4) is 11.5 Å². The molecule has 1 atom stereocenters. The third kappa shape index (κ3) is 2.54. The van der Waals surface area contributed by atoms with E-state index in [4.69, 9.17) is 21.1 Å². The van der Waals surface area contributed by atoms with E-state index in [-0.39, 0.29) is 11.6 Å². The molecular formula is C17H18ClNO2. The summed E-state index contributed by atoms with van der Waals surface area (Å²) in [5.74, 6) is 1.69. The average molecular weight is 304 g/mol. The van der Waals surface area contributed by atoms with Crippen molar-refractivity contribution in [3.05, 3.63) is 53.1 Å². The van der Waals surface area contributed by atoms with Crippen LogP contribution in [0.2, 0.25) is 5.02 Å². The minimum absolute atomic E-state index is 0.0262. The highest BCUT2D eigenvalue weighted by Gasteiger charge is 2.41. The van der Waals surface area contributed by atoms with Crippen LogP contribution in [0.15, 0.2) is 42.5 Å². The van der Waals surface area contributed by atoms with Gasteiger partial charge in [0.25, 0.3) is 0 Å². The van der Waals surface area contributed by atoms with Gasteiger partial charge < -0.3 is 14.8 Å². The Kier molecular flexibility index (Phi) is 3.46. The molecule has 0 aromatic heterocycles. The Labute approximate surface area is 129 Å². The van der Waals surface area contributed by atoms with E-state index in [0.29, 0.717) is 5.02 Å². The second kappa shape index (κ2) is 5.15. The van der Waals surface area contributed by atoms with E-state index in [1.165, 1.54) is 0 Å². The molecule has 21 heavy (non-hydrogen) atoms. The lowest BCUT2D eigenvalue weighted by atomic mass is 9.94. The first-order valence-corrected chi connectivity index (χ1v) is 7.27. The molecule has 0 bridgehead atoms. The van der Waals surface area contributed by atoms with Crippen LogP contribution in [-0.4, -0.2) is 12.7 Å². The molecule has 0 saturated carbocycles. The fourth-order valence-corrected chi connectivity index (χ4v) is 2.85. The quantitative estimate of drug-likeness (QED) is 0.893. The second-order valence-corrected chi connectivity index (χ2v) is 6.07. The largest absolute Gasteiger partial charge is 0.497 e. The number of hydrogen-bond acceptors (Lipinski definition) is 3. The summed E-state index contributed by atoms with van der Waals surface area (Å²) in [5.41, 5.74) is 1.63. The molecule has 3 nitrogen and oxygen atoms in total. The van der Waals surface area contributed by atoms with Gasteiger partial charge in [-0.05, 0) is 32.0 Å². The number of para-hydroxylation sites is 1. The Balaban J connectivity index is 1.97. The Hall–Kier alpha value is -1.87. The topological polar surface area (TPSA) is 30.5 Å². The summed E-state index contributed by atoms with van der Waals surface area (Å²) in [7, 11) is 1.64. The molecule has 0 aliphatic carbocycles. The van der Waals surface area contributed by atoms with E-state index in [1.54, 1.807) is 7.11 Å². The van der Waals surface area contributed by atoms with E-state index in [9.17, 15) is 0 Å². The van der Waals surface area contributed by atoms with Crippen LogP contribution in [0, 0.1) is 0 Å². The van der Waals surface area contributed by atoms with Crippen LogP contribution in [0.5, 0.6) is 11.5 Å². The summed E-state index contributed by atoms with van der Waals surface area (Å²) in [6, 6.07) is 13.7. The molecule has 1 aliphatic rings. The minimum Gasteiger partial charge on any atom is -0.497 e. The fourth-order valence-electron chi connectivity index (χ4n) is 2.68. The monoisotopic (exact) mass is 303 g/mol. The van der Waals surface area contributed by atoms with Gasteiger partial charge >= 0.3 is 0 Å². The van der Waals surface area contributed by atoms with E-state index in [0.717, 1.165) is 22.7 Å². The van der Waals surface area contributed by atoms with E-state index < -0.39 is 0 Å². The number of anilines is 1. The Morgan fingerprint density at radius 2 is 1.95 bits per heavy atom. The Bertz CT molecular complexity index is 670. The van der Waals surface area contributed by atoms with Gasteiger partial charge in [0.2, 0.25) is 0 Å². The van der Waals surface area contributed by atoms with Gasteiger partial charge in [0.1, 0.15) is 17.1 Å². The first kappa shape index (κ1) is 14.1. The molecule has 4 heteroatoms. The molecule has 0 saturated heterocycles. The number of hydrogen-bond donors (Lipinski definition) is 1. The molecule has 0 radical (unpaired) electrons. The van der Waals surface area contributed by atoms with E-state index in [2.05, 4.69) is 25.2 Å². The maximum Gasteiger partial charge on any atom is 0.128 e. The summed E-state index contributed by atoms with van der Waals surface area (Å²) in [6.45, 7) is 4.14. The van der Waals surface area contributed by atoms with Crippen LogP contribution in [0.3, 0.4) is 0 Å². The SMILES string of the molecule is COc1ccc(Cl)c(NC2c3ccccc3OC2(C)C)c1. The molecule has 0 fully saturated rings. The summed E-state index contributed by atoms with van der Waals surface area (Å²) in [4.78, 5) is 0. The smallest absolute Gasteiger partial charge is 0.128 e. The number of halogens is 1. The lowest BCUT2D eigenvalue weighted by Crippen LogP contribution is -2.34. The van der Waals surface area contributed by atoms with Crippen LogP contribution in [-0.2, 0) is 0 Å². The highest BCUT2D eigenvalue weighted by atomic mass is 35.5. The lowest BCUT2D eigenvalue weighted by Gasteiger charge is -2.28. The van der Waals surface area contributed by atoms with Gasteiger partial charge in [-0.3, -0.25) is 0 Å². The van der Waals surface area contributed by atoms with Crippen molar-refractivity contribution < 1.29 is 9.47 Å². The maximum absolute atomic E-state index is 6.29. The number of methoxy groups -OCH3 is 1. The molecule has 110 valence electrons. The standard InChI is InChI=1S/C17H18ClNO2/c1-17(2)16(12-6-4-5-7-15(12)21-17)19-14-10-11(20-3)8-9-13(14)18/h4-10,16,19H,1-3H3. The minimum atomic E-state index is -0.351. The molecule has 0 amide bonds. The van der Waals surface area contributed by atoms with Crippen LogP contribution in [0.25, 0.3) is 0 Å². The zero-order valence-electron chi connectivity index (χ0n) is 12.3. The van der Waals surface area contributed by atoms with Gasteiger partial charge in [-0.2, -0.15) is 0 Å². The second-order valence-electron chi connectivity index (χ2n) is 5.67. The first-order chi connectivity index (χ1) is 10.0. The fraction of sp³-hybridized carbons (Fsp3) is 0.294. The van der Waals surface area contributed by atoms with Gasteiger partial charge in [-0.15, -0.1) is 0 Å². The molecule has 1 unspecified atom stereocenters. The van der Waals surface area contributed by atoms with Crippen LogP contribution in [0.1, 0.15) is 25.5 Å². The Morgan fingerprint density at radius 1 is 1.19 bits per heavy atom. The van der Waals surface area contributed by atoms with Crippen molar-refractivity contribution in [3.63, 3.8) is 0 Å². The molecule has 2 aromatic carbocycles. The molecular weight excluding hydrogens is 286 g/mol. The van der Waals surface area contributed by atoms with Crippen LogP contribution in [0.4, 0.5) is 5.69 Å². The van der Waals surface area contributed by atoms with Crippen molar-refractivity contribution >= 4 is 17.3 Å². The summed E-state index contributed by atoms with van der Waals surface area (Å²) in [6.07, 6.45) is 0. The molecule has 1 aliphatic heterocycles. The zero-order valence-corrected chi connectivity index (χ0v) is 13.1. The third-order valence-electron chi connectivity index (χ3n) is 3.77. The number of ether oxygens (including phenoxy) is 2. The molecule has 0 spiro atoms. The van der Waals surface area contributed by atoms with E-state index in [1.807, 2.05) is 36.4 Å². The molecule has 1 heterocycles. The predicted octanol–water partition coefficient (Wildman–Crippen LogP) is 4.67. The number of nitrogens with one attached hydrogen (secondary N) is 1. The normalized spacial score (nSPS) is 18.8. The molecule has 1 N–H and O–H groups in total. The number of benzene rings is 2. The summed E-state index contributed by atoms with van der Waals surface area (Å²) in [5, 5.41) is 4.16. The highest BCUT2D eigenvalue weighted by molar-refractivity contribution is 6.33. The van der Waals surface area contributed by atoms with Gasteiger partial charge in [0, 0.05) is 11.6 Å². The van der Waals surface area contributed by atoms with Crippen LogP contribution < -0.4 is 14.8 Å². The zero-order chi connectivity index (χ0) is 15.0. The van der Waals surface area contributed by atoms with Crippen molar-refractivity contribution in [2.75, 3.05) is 12.4 Å².